The van der Waals surface area contributed by atoms with Gasteiger partial charge in [0.25, 0.3) is 0 Å². The maximum Gasteiger partial charge on any atom is 0.142 e. The van der Waals surface area contributed by atoms with E-state index < -0.39 is 0 Å². The van der Waals surface area contributed by atoms with Crippen LogP contribution in [0.1, 0.15) is 6.42 Å². The summed E-state index contributed by atoms with van der Waals surface area (Å²) >= 11 is 0. The molecule has 0 aliphatic rings. The summed E-state index contributed by atoms with van der Waals surface area (Å²) < 4.78 is 22.0. The molecule has 2 N–H and O–H groups in total. The predicted octanol–water partition coefficient (Wildman–Crippen LogP) is 2.02. The Hall–Kier alpha value is -1.45. The molecule has 0 fully saturated rings. The molecule has 0 spiro atoms. The van der Waals surface area contributed by atoms with Gasteiger partial charge in [0.05, 0.1) is 26.1 Å². The predicted molar refractivity (Wildman–Crippen MR) is 53.5 cm³/mol. The summed E-state index contributed by atoms with van der Waals surface area (Å²) in [5.41, 5.74) is 6.18. The number of nitrogens with two attached hydrogens (primary N) is 1. The summed E-state index contributed by atoms with van der Waals surface area (Å²) in [7, 11) is 1.57. The number of hydrogen-bond acceptors (Lipinski definition) is 3. The van der Waals surface area contributed by atoms with Gasteiger partial charge < -0.3 is 15.2 Å². The largest absolute Gasteiger partial charge is 0.497 e. The van der Waals surface area contributed by atoms with Crippen LogP contribution in [-0.2, 0) is 0 Å². The monoisotopic (exact) mass is 199 g/mol. The summed E-state index contributed by atoms with van der Waals surface area (Å²) in [6.07, 6.45) is 0.380. The number of hydrogen-bond donors (Lipinski definition) is 1. The van der Waals surface area contributed by atoms with Crippen molar-refractivity contribution >= 4 is 5.69 Å². The van der Waals surface area contributed by atoms with Crippen LogP contribution in [-0.4, -0.2) is 20.4 Å². The molecule has 0 atom stereocenters. The lowest BCUT2D eigenvalue weighted by molar-refractivity contribution is 0.290. The Labute approximate surface area is 82.6 Å². The highest BCUT2D eigenvalue weighted by molar-refractivity contribution is 5.56. The average molecular weight is 199 g/mol. The Bertz CT molecular complexity index is 291. The van der Waals surface area contributed by atoms with Crippen LogP contribution in [0.15, 0.2) is 18.2 Å². The van der Waals surface area contributed by atoms with E-state index in [1.54, 1.807) is 25.3 Å². The molecule has 4 heteroatoms. The summed E-state index contributed by atoms with van der Waals surface area (Å²) in [5.74, 6) is 1.25. The van der Waals surface area contributed by atoms with Crippen LogP contribution in [0.4, 0.5) is 10.1 Å². The lowest BCUT2D eigenvalue weighted by Gasteiger charge is -2.08. The molecule has 1 aromatic rings. The van der Waals surface area contributed by atoms with Gasteiger partial charge in [-0.15, -0.1) is 0 Å². The minimum absolute atomic E-state index is 0.340. The third-order valence-electron chi connectivity index (χ3n) is 1.75. The Morgan fingerprint density at radius 1 is 1.43 bits per heavy atom. The molecule has 0 saturated carbocycles. The minimum Gasteiger partial charge on any atom is -0.497 e. The molecule has 1 aromatic carbocycles. The fourth-order valence-corrected chi connectivity index (χ4v) is 1.02. The molecular weight excluding hydrogens is 185 g/mol. The van der Waals surface area contributed by atoms with E-state index in [1.165, 1.54) is 0 Å². The minimum atomic E-state index is -0.379. The summed E-state index contributed by atoms with van der Waals surface area (Å²) in [5, 5.41) is 0. The first-order chi connectivity index (χ1) is 6.77. The van der Waals surface area contributed by atoms with Crippen molar-refractivity contribution in [1.29, 1.82) is 0 Å². The molecule has 1 rings (SSSR count). The molecule has 0 aliphatic heterocycles. The molecule has 0 heterocycles. The standard InChI is InChI=1S/C10H14FNO2/c1-13-8-3-4-10(9(12)7-8)14-6-2-5-11/h3-4,7H,2,5-6,12H2,1H3. The van der Waals surface area contributed by atoms with Gasteiger partial charge in [0, 0.05) is 12.5 Å². The van der Waals surface area contributed by atoms with Crippen LogP contribution < -0.4 is 15.2 Å². The van der Waals surface area contributed by atoms with Gasteiger partial charge in [-0.1, -0.05) is 0 Å². The number of rotatable bonds is 5. The molecule has 0 unspecified atom stereocenters. The number of anilines is 1. The molecule has 78 valence electrons. The van der Waals surface area contributed by atoms with Crippen LogP contribution in [0.25, 0.3) is 0 Å². The zero-order valence-corrected chi connectivity index (χ0v) is 8.13. The van der Waals surface area contributed by atoms with Crippen molar-refractivity contribution in [2.75, 3.05) is 26.1 Å². The van der Waals surface area contributed by atoms with Gasteiger partial charge in [0.1, 0.15) is 11.5 Å². The van der Waals surface area contributed by atoms with Gasteiger partial charge in [-0.05, 0) is 12.1 Å². The zero-order chi connectivity index (χ0) is 10.4. The zero-order valence-electron chi connectivity index (χ0n) is 8.13. The summed E-state index contributed by atoms with van der Waals surface area (Å²) in [6.45, 7) is -0.0386. The number of methoxy groups -OCH3 is 1. The van der Waals surface area contributed by atoms with Crippen molar-refractivity contribution in [2.24, 2.45) is 0 Å². The summed E-state index contributed by atoms with van der Waals surface area (Å²) in [4.78, 5) is 0. The van der Waals surface area contributed by atoms with Gasteiger partial charge in [-0.25, -0.2) is 0 Å². The van der Waals surface area contributed by atoms with Crippen LogP contribution in [0, 0.1) is 0 Å². The Morgan fingerprint density at radius 3 is 2.79 bits per heavy atom. The second-order valence-corrected chi connectivity index (χ2v) is 2.79. The van der Waals surface area contributed by atoms with E-state index in [-0.39, 0.29) is 6.67 Å². The maximum absolute atomic E-state index is 11.8. The molecule has 0 amide bonds. The molecular formula is C10H14FNO2. The first-order valence-corrected chi connectivity index (χ1v) is 4.40. The van der Waals surface area contributed by atoms with Gasteiger partial charge in [0.2, 0.25) is 0 Å². The van der Waals surface area contributed by atoms with E-state index in [2.05, 4.69) is 0 Å². The van der Waals surface area contributed by atoms with Crippen LogP contribution in [0.5, 0.6) is 11.5 Å². The smallest absolute Gasteiger partial charge is 0.142 e. The van der Waals surface area contributed by atoms with Crippen LogP contribution >= 0.6 is 0 Å². The van der Waals surface area contributed by atoms with Crippen molar-refractivity contribution in [3.05, 3.63) is 18.2 Å². The molecule has 0 bridgehead atoms. The number of halogens is 1. The van der Waals surface area contributed by atoms with Crippen molar-refractivity contribution in [3.8, 4) is 11.5 Å². The molecule has 14 heavy (non-hydrogen) atoms. The van der Waals surface area contributed by atoms with E-state index in [4.69, 9.17) is 15.2 Å². The lowest BCUT2D eigenvalue weighted by Crippen LogP contribution is -2.01. The normalized spacial score (nSPS) is 9.86. The van der Waals surface area contributed by atoms with Crippen LogP contribution in [0.2, 0.25) is 0 Å². The van der Waals surface area contributed by atoms with Gasteiger partial charge in [-0.3, -0.25) is 4.39 Å². The topological polar surface area (TPSA) is 44.5 Å². The third-order valence-corrected chi connectivity index (χ3v) is 1.75. The first-order valence-electron chi connectivity index (χ1n) is 4.40. The molecule has 0 aromatic heterocycles. The number of nitrogen functional groups attached to an aromatic ring is 1. The highest BCUT2D eigenvalue weighted by atomic mass is 19.1. The Balaban J connectivity index is 2.59. The number of benzene rings is 1. The first kappa shape index (κ1) is 10.6. The van der Waals surface area contributed by atoms with E-state index in [9.17, 15) is 4.39 Å². The van der Waals surface area contributed by atoms with Gasteiger partial charge in [0.15, 0.2) is 0 Å². The Kier molecular flexibility index (Phi) is 4.04. The van der Waals surface area contributed by atoms with Crippen molar-refractivity contribution < 1.29 is 13.9 Å². The summed E-state index contributed by atoms with van der Waals surface area (Å²) in [6, 6.07) is 5.14. The maximum atomic E-state index is 11.8. The second kappa shape index (κ2) is 5.32. The van der Waals surface area contributed by atoms with Crippen molar-refractivity contribution in [1.82, 2.24) is 0 Å². The second-order valence-electron chi connectivity index (χ2n) is 2.79. The molecule has 0 radical (unpaired) electrons. The van der Waals surface area contributed by atoms with E-state index >= 15 is 0 Å². The third kappa shape index (κ3) is 2.80. The van der Waals surface area contributed by atoms with Crippen molar-refractivity contribution in [3.63, 3.8) is 0 Å². The van der Waals surface area contributed by atoms with E-state index in [0.717, 1.165) is 0 Å². The average Bonchev–Trinajstić information content (AvgIpc) is 2.20. The lowest BCUT2D eigenvalue weighted by atomic mass is 10.3. The van der Waals surface area contributed by atoms with Gasteiger partial charge in [-0.2, -0.15) is 0 Å². The van der Waals surface area contributed by atoms with Crippen LogP contribution in [0.3, 0.4) is 0 Å². The fourth-order valence-electron chi connectivity index (χ4n) is 1.02. The van der Waals surface area contributed by atoms with Crippen molar-refractivity contribution in [2.45, 2.75) is 6.42 Å². The number of alkyl halides is 1. The molecule has 0 aliphatic carbocycles. The SMILES string of the molecule is COc1ccc(OCCCF)c(N)c1. The van der Waals surface area contributed by atoms with Gasteiger partial charge >= 0.3 is 0 Å². The highest BCUT2D eigenvalue weighted by Crippen LogP contribution is 2.26. The highest BCUT2D eigenvalue weighted by Gasteiger charge is 2.01. The molecule has 0 saturated heterocycles. The van der Waals surface area contributed by atoms with E-state index in [0.29, 0.717) is 30.2 Å². The quantitative estimate of drug-likeness (QED) is 0.582. The molecule has 3 nitrogen and oxygen atoms in total. The number of ether oxygens (including phenoxy) is 2. The van der Waals surface area contributed by atoms with E-state index in [1.807, 2.05) is 0 Å². The Morgan fingerprint density at radius 2 is 2.21 bits per heavy atom. The fraction of sp³-hybridized carbons (Fsp3) is 0.400.